The monoisotopic (exact) mass is 354 g/mol. The maximum absolute atomic E-state index is 12.5. The minimum Gasteiger partial charge on any atom is -0.342 e. The van der Waals surface area contributed by atoms with E-state index in [0.29, 0.717) is 25.3 Å². The van der Waals surface area contributed by atoms with Gasteiger partial charge in [-0.15, -0.1) is 0 Å². The first-order chi connectivity index (χ1) is 11.9. The molecule has 10 heteroatoms. The lowest BCUT2D eigenvalue weighted by molar-refractivity contribution is -0.162. The molecular weight excluding hydrogens is 337 g/mol. The van der Waals surface area contributed by atoms with Gasteiger partial charge in [0.25, 0.3) is 0 Å². The van der Waals surface area contributed by atoms with Crippen molar-refractivity contribution in [2.45, 2.75) is 31.5 Å². The van der Waals surface area contributed by atoms with Crippen LogP contribution in [0.25, 0.3) is 11.4 Å². The third-order valence-electron chi connectivity index (χ3n) is 4.78. The number of nitrogens with one attached hydrogen (secondary N) is 2. The van der Waals surface area contributed by atoms with Crippen LogP contribution in [0.3, 0.4) is 0 Å². The fourth-order valence-electron chi connectivity index (χ4n) is 3.68. The number of halogens is 3. The molecule has 1 saturated heterocycles. The zero-order valence-corrected chi connectivity index (χ0v) is 13.3. The molecule has 0 saturated carbocycles. The van der Waals surface area contributed by atoms with Gasteiger partial charge in [-0.3, -0.25) is 10.3 Å². The van der Waals surface area contributed by atoms with Crippen molar-refractivity contribution in [1.82, 2.24) is 25.0 Å². The van der Waals surface area contributed by atoms with Crippen molar-refractivity contribution in [3.63, 3.8) is 0 Å². The van der Waals surface area contributed by atoms with E-state index < -0.39 is 18.5 Å². The van der Waals surface area contributed by atoms with E-state index >= 15 is 0 Å². The Bertz CT molecular complexity index is 760. The van der Waals surface area contributed by atoms with Gasteiger partial charge >= 0.3 is 6.18 Å². The van der Waals surface area contributed by atoms with Gasteiger partial charge in [0.15, 0.2) is 5.82 Å². The molecule has 0 aliphatic carbocycles. The number of likely N-dealkylation sites (tertiary alicyclic amines) is 1. The molecule has 4 heterocycles. The molecule has 4 aliphatic heterocycles. The summed E-state index contributed by atoms with van der Waals surface area (Å²) in [6.45, 7) is 0.668. The van der Waals surface area contributed by atoms with E-state index in [9.17, 15) is 18.0 Å². The SMILES string of the molecule is O=C(CC(F)(F)F)N1CCCC(C2NNn3cnc4nccc-4c32)C1. The lowest BCUT2D eigenvalue weighted by Gasteiger charge is -2.35. The van der Waals surface area contributed by atoms with Crippen LogP contribution in [0.15, 0.2) is 18.6 Å². The molecule has 4 rings (SSSR count). The van der Waals surface area contributed by atoms with Crippen molar-refractivity contribution in [1.29, 1.82) is 0 Å². The Morgan fingerprint density at radius 3 is 3.00 bits per heavy atom. The van der Waals surface area contributed by atoms with Crippen LogP contribution in [-0.4, -0.2) is 44.7 Å². The van der Waals surface area contributed by atoms with E-state index in [0.717, 1.165) is 17.7 Å². The molecule has 0 aromatic carbocycles. The van der Waals surface area contributed by atoms with Crippen LogP contribution in [0.5, 0.6) is 0 Å². The second-order valence-corrected chi connectivity index (χ2v) is 6.45. The summed E-state index contributed by atoms with van der Waals surface area (Å²) < 4.78 is 39.3. The molecule has 0 radical (unpaired) electrons. The number of alkyl halides is 3. The molecule has 0 aromatic heterocycles. The molecule has 2 unspecified atom stereocenters. The molecule has 25 heavy (non-hydrogen) atoms. The molecule has 0 aromatic rings. The zero-order chi connectivity index (χ0) is 17.6. The highest BCUT2D eigenvalue weighted by Gasteiger charge is 2.39. The second-order valence-electron chi connectivity index (χ2n) is 6.45. The zero-order valence-electron chi connectivity index (χ0n) is 13.3. The highest BCUT2D eigenvalue weighted by Crippen LogP contribution is 2.37. The Hall–Kier alpha value is -2.36. The van der Waals surface area contributed by atoms with E-state index in [-0.39, 0.29) is 12.0 Å². The number of amides is 1. The molecule has 0 bridgehead atoms. The van der Waals surface area contributed by atoms with Gasteiger partial charge < -0.3 is 4.90 Å². The van der Waals surface area contributed by atoms with Crippen LogP contribution in [0, 0.1) is 5.92 Å². The van der Waals surface area contributed by atoms with E-state index in [2.05, 4.69) is 20.9 Å². The third kappa shape index (κ3) is 3.01. The maximum Gasteiger partial charge on any atom is 0.397 e. The van der Waals surface area contributed by atoms with Crippen LogP contribution in [0.2, 0.25) is 0 Å². The van der Waals surface area contributed by atoms with Crippen LogP contribution >= 0.6 is 0 Å². The predicted molar refractivity (Wildman–Crippen MR) is 81.9 cm³/mol. The largest absolute Gasteiger partial charge is 0.397 e. The Morgan fingerprint density at radius 1 is 1.36 bits per heavy atom. The number of nitrogens with zero attached hydrogens (tertiary/aromatic N) is 4. The Kier molecular flexibility index (Phi) is 3.78. The first-order valence-corrected chi connectivity index (χ1v) is 8.10. The van der Waals surface area contributed by atoms with Crippen molar-refractivity contribution in [3.05, 3.63) is 24.3 Å². The molecule has 4 aliphatic rings. The van der Waals surface area contributed by atoms with Gasteiger partial charge in [0.1, 0.15) is 12.7 Å². The summed E-state index contributed by atoms with van der Waals surface area (Å²) in [7, 11) is 0. The number of rotatable bonds is 2. The molecular formula is C15H17F3N6O. The topological polar surface area (TPSA) is 75.1 Å². The summed E-state index contributed by atoms with van der Waals surface area (Å²) >= 11 is 0. The average molecular weight is 354 g/mol. The molecule has 1 amide bonds. The first kappa shape index (κ1) is 16.1. The Labute approximate surface area is 141 Å². The lowest BCUT2D eigenvalue weighted by Crippen LogP contribution is -2.44. The summed E-state index contributed by atoms with van der Waals surface area (Å²) in [4.78, 5) is 21.7. The van der Waals surface area contributed by atoms with Gasteiger partial charge in [-0.2, -0.15) is 13.2 Å². The van der Waals surface area contributed by atoms with Crippen LogP contribution in [-0.2, 0) is 4.79 Å². The first-order valence-electron chi connectivity index (χ1n) is 8.10. The van der Waals surface area contributed by atoms with Crippen LogP contribution < -0.4 is 11.0 Å². The summed E-state index contributed by atoms with van der Waals surface area (Å²) in [5, 5.41) is 0. The number of piperidine rings is 1. The van der Waals surface area contributed by atoms with Crippen LogP contribution in [0.4, 0.5) is 13.2 Å². The summed E-state index contributed by atoms with van der Waals surface area (Å²) in [6, 6.07) is 1.74. The standard InChI is InChI=1S/C15H17F3N6O/c16-15(17,18)6-11(25)23-5-1-2-9(7-23)12-13-10-3-4-19-14(10)20-8-24(13)22-21-12/h3-4,8-9,12,21-22H,1-2,5-7H2. The molecule has 1 fully saturated rings. The highest BCUT2D eigenvalue weighted by atomic mass is 19.4. The molecule has 0 spiro atoms. The quantitative estimate of drug-likeness (QED) is 0.858. The van der Waals surface area contributed by atoms with Gasteiger partial charge in [0.2, 0.25) is 5.91 Å². The molecule has 2 atom stereocenters. The summed E-state index contributed by atoms with van der Waals surface area (Å²) in [6.07, 6.45) is -1.07. The number of carbonyl (C=O) groups is 1. The maximum atomic E-state index is 12.5. The van der Waals surface area contributed by atoms with Crippen molar-refractivity contribution in [2.75, 3.05) is 18.6 Å². The number of hydrogen-bond acceptors (Lipinski definition) is 5. The molecule has 2 N–H and O–H groups in total. The Balaban J connectivity index is 1.54. The number of hydrazine groups is 1. The smallest absolute Gasteiger partial charge is 0.342 e. The van der Waals surface area contributed by atoms with Gasteiger partial charge in [0, 0.05) is 24.8 Å². The second kappa shape index (κ2) is 5.87. The number of hydrogen-bond donors (Lipinski definition) is 2. The van der Waals surface area contributed by atoms with Gasteiger partial charge in [-0.25, -0.2) is 20.1 Å². The third-order valence-corrected chi connectivity index (χ3v) is 4.78. The van der Waals surface area contributed by atoms with Crippen LogP contribution in [0.1, 0.15) is 31.0 Å². The van der Waals surface area contributed by atoms with Gasteiger partial charge in [-0.05, 0) is 24.8 Å². The van der Waals surface area contributed by atoms with E-state index in [1.165, 1.54) is 4.90 Å². The summed E-state index contributed by atoms with van der Waals surface area (Å²) in [5.41, 5.74) is 8.01. The lowest BCUT2D eigenvalue weighted by atomic mass is 9.87. The van der Waals surface area contributed by atoms with E-state index in [1.807, 2.05) is 6.07 Å². The minimum atomic E-state index is -4.47. The highest BCUT2D eigenvalue weighted by molar-refractivity contribution is 5.77. The van der Waals surface area contributed by atoms with Crippen molar-refractivity contribution >= 4 is 5.91 Å². The fraction of sp³-hybridized carbons (Fsp3) is 0.533. The number of fused-ring (bicyclic) bond motifs is 3. The summed E-state index contributed by atoms with van der Waals surface area (Å²) in [5.74, 6) is -0.221. The predicted octanol–water partition coefficient (Wildman–Crippen LogP) is 1.68. The molecule has 134 valence electrons. The van der Waals surface area contributed by atoms with Crippen molar-refractivity contribution in [2.24, 2.45) is 5.92 Å². The minimum absolute atomic E-state index is 0.00711. The van der Waals surface area contributed by atoms with Crippen molar-refractivity contribution in [3.8, 4) is 11.4 Å². The average Bonchev–Trinajstić information content (AvgIpc) is 3.19. The van der Waals surface area contributed by atoms with Gasteiger partial charge in [0.05, 0.1) is 11.7 Å². The number of aromatic nitrogens is 3. The van der Waals surface area contributed by atoms with E-state index in [4.69, 9.17) is 0 Å². The Morgan fingerprint density at radius 2 is 2.20 bits per heavy atom. The normalized spacial score (nSPS) is 23.6. The van der Waals surface area contributed by atoms with Crippen molar-refractivity contribution < 1.29 is 18.0 Å². The molecule has 7 nitrogen and oxygen atoms in total. The van der Waals surface area contributed by atoms with E-state index in [1.54, 1.807) is 17.2 Å². The fourth-order valence-corrected chi connectivity index (χ4v) is 3.68. The van der Waals surface area contributed by atoms with Gasteiger partial charge in [-0.1, -0.05) is 0 Å². The number of carbonyl (C=O) groups excluding carboxylic acids is 1.